The highest BCUT2D eigenvalue weighted by atomic mass is 32.1. The summed E-state index contributed by atoms with van der Waals surface area (Å²) in [4.78, 5) is 14.9. The molecule has 0 aromatic carbocycles. The molecule has 1 heterocycles. The molecule has 4 nitrogen and oxygen atoms in total. The van der Waals surface area contributed by atoms with Crippen LogP contribution in [0.5, 0.6) is 0 Å². The second-order valence-corrected chi connectivity index (χ2v) is 2.75. The van der Waals surface area contributed by atoms with E-state index >= 15 is 0 Å². The van der Waals surface area contributed by atoms with Crippen molar-refractivity contribution in [2.45, 2.75) is 6.10 Å². The number of carbonyl (C=O) groups excluding carboxylic acids is 1. The van der Waals surface area contributed by atoms with Gasteiger partial charge < -0.3 is 9.84 Å². The molecule has 60 valence electrons. The fourth-order valence-electron chi connectivity index (χ4n) is 0.588. The van der Waals surface area contributed by atoms with Crippen LogP contribution in [0.4, 0.5) is 0 Å². The first kappa shape index (κ1) is 8.16. The predicted octanol–water partition coefficient (Wildman–Crippen LogP) is 0.349. The maximum atomic E-state index is 10.7. The monoisotopic (exact) mass is 173 g/mol. The molecule has 0 aliphatic heterocycles. The summed E-state index contributed by atoms with van der Waals surface area (Å²) >= 11 is 1.21. The van der Waals surface area contributed by atoms with Crippen molar-refractivity contribution in [2.75, 3.05) is 7.11 Å². The van der Waals surface area contributed by atoms with E-state index in [1.165, 1.54) is 24.6 Å². The molecule has 0 radical (unpaired) electrons. The van der Waals surface area contributed by atoms with Crippen molar-refractivity contribution >= 4 is 17.3 Å². The molecule has 1 aromatic rings. The molecular formula is C6H7NO3S. The number of rotatable bonds is 2. The number of esters is 1. The summed E-state index contributed by atoms with van der Waals surface area (Å²) in [5.74, 6) is -0.658. The van der Waals surface area contributed by atoms with Crippen LogP contribution in [0.25, 0.3) is 0 Å². The Hall–Kier alpha value is -0.940. The third-order valence-electron chi connectivity index (χ3n) is 1.15. The van der Waals surface area contributed by atoms with Gasteiger partial charge in [-0.1, -0.05) is 0 Å². The van der Waals surface area contributed by atoms with Gasteiger partial charge in [-0.3, -0.25) is 4.98 Å². The van der Waals surface area contributed by atoms with Crippen LogP contribution in [0, 0.1) is 0 Å². The lowest BCUT2D eigenvalue weighted by Gasteiger charge is -2.03. The van der Waals surface area contributed by atoms with Crippen molar-refractivity contribution in [3.05, 3.63) is 16.6 Å². The second kappa shape index (κ2) is 3.45. The fourth-order valence-corrected chi connectivity index (χ4v) is 1.18. The highest BCUT2D eigenvalue weighted by molar-refractivity contribution is 7.09. The third-order valence-corrected chi connectivity index (χ3v) is 1.97. The van der Waals surface area contributed by atoms with Crippen molar-refractivity contribution < 1.29 is 14.6 Å². The SMILES string of the molecule is COC(=O)C(O)c1cncs1. The average molecular weight is 173 g/mol. The fraction of sp³-hybridized carbons (Fsp3) is 0.333. The summed E-state index contributed by atoms with van der Waals surface area (Å²) in [5.41, 5.74) is 1.54. The van der Waals surface area contributed by atoms with E-state index in [4.69, 9.17) is 0 Å². The summed E-state index contributed by atoms with van der Waals surface area (Å²) in [5, 5.41) is 9.17. The van der Waals surface area contributed by atoms with Crippen molar-refractivity contribution in [2.24, 2.45) is 0 Å². The molecule has 1 unspecified atom stereocenters. The highest BCUT2D eigenvalue weighted by Crippen LogP contribution is 2.17. The Balaban J connectivity index is 2.70. The number of ether oxygens (including phenoxy) is 1. The normalized spacial score (nSPS) is 12.5. The molecule has 0 aliphatic rings. The lowest BCUT2D eigenvalue weighted by atomic mass is 10.3. The Morgan fingerprint density at radius 2 is 2.64 bits per heavy atom. The Kier molecular flexibility index (Phi) is 2.56. The maximum absolute atomic E-state index is 10.7. The minimum atomic E-state index is -1.19. The van der Waals surface area contributed by atoms with E-state index in [1.807, 2.05) is 0 Å². The number of aliphatic hydroxyl groups excluding tert-OH is 1. The Morgan fingerprint density at radius 1 is 1.91 bits per heavy atom. The predicted molar refractivity (Wildman–Crippen MR) is 39.1 cm³/mol. The van der Waals surface area contributed by atoms with Gasteiger partial charge in [-0.2, -0.15) is 0 Å². The van der Waals surface area contributed by atoms with Crippen LogP contribution in [0.1, 0.15) is 11.0 Å². The molecule has 0 bridgehead atoms. The van der Waals surface area contributed by atoms with Gasteiger partial charge in [-0.25, -0.2) is 4.79 Å². The van der Waals surface area contributed by atoms with Crippen LogP contribution in [0.3, 0.4) is 0 Å². The molecule has 0 aliphatic carbocycles. The summed E-state index contributed by atoms with van der Waals surface area (Å²) in [7, 11) is 1.23. The standard InChI is InChI=1S/C6H7NO3S/c1-10-6(9)5(8)4-2-7-3-11-4/h2-3,5,8H,1H3. The minimum Gasteiger partial charge on any atom is -0.467 e. The molecule has 0 saturated carbocycles. The summed E-state index contributed by atoms with van der Waals surface area (Å²) < 4.78 is 4.33. The number of carbonyl (C=O) groups is 1. The summed E-state index contributed by atoms with van der Waals surface area (Å²) in [6.45, 7) is 0. The number of hydrogen-bond donors (Lipinski definition) is 1. The van der Waals surface area contributed by atoms with Gasteiger partial charge in [0.05, 0.1) is 17.5 Å². The van der Waals surface area contributed by atoms with Gasteiger partial charge in [-0.05, 0) is 0 Å². The third kappa shape index (κ3) is 1.75. The number of aliphatic hydroxyl groups is 1. The van der Waals surface area contributed by atoms with Gasteiger partial charge in [0.25, 0.3) is 0 Å². The molecule has 0 saturated heterocycles. The van der Waals surface area contributed by atoms with Crippen molar-refractivity contribution in [1.29, 1.82) is 0 Å². The molecule has 1 rings (SSSR count). The van der Waals surface area contributed by atoms with E-state index in [0.29, 0.717) is 4.88 Å². The quantitative estimate of drug-likeness (QED) is 0.655. The van der Waals surface area contributed by atoms with Crippen molar-refractivity contribution in [3.8, 4) is 0 Å². The van der Waals surface area contributed by atoms with E-state index in [-0.39, 0.29) is 0 Å². The van der Waals surface area contributed by atoms with Crippen LogP contribution >= 0.6 is 11.3 Å². The van der Waals surface area contributed by atoms with Crippen LogP contribution in [-0.4, -0.2) is 23.2 Å². The van der Waals surface area contributed by atoms with Gasteiger partial charge in [-0.15, -0.1) is 11.3 Å². The average Bonchev–Trinajstić information content (AvgIpc) is 2.53. The molecule has 11 heavy (non-hydrogen) atoms. The second-order valence-electron chi connectivity index (χ2n) is 1.83. The zero-order chi connectivity index (χ0) is 8.27. The van der Waals surface area contributed by atoms with E-state index in [1.54, 1.807) is 5.51 Å². The zero-order valence-electron chi connectivity index (χ0n) is 5.85. The smallest absolute Gasteiger partial charge is 0.340 e. The molecular weight excluding hydrogens is 166 g/mol. The first-order chi connectivity index (χ1) is 5.25. The first-order valence-electron chi connectivity index (χ1n) is 2.90. The zero-order valence-corrected chi connectivity index (χ0v) is 6.67. The Bertz CT molecular complexity index is 234. The van der Waals surface area contributed by atoms with Gasteiger partial charge in [0.1, 0.15) is 0 Å². The first-order valence-corrected chi connectivity index (χ1v) is 3.78. The van der Waals surface area contributed by atoms with Gasteiger partial charge in [0, 0.05) is 6.20 Å². The van der Waals surface area contributed by atoms with Crippen LogP contribution in [-0.2, 0) is 9.53 Å². The van der Waals surface area contributed by atoms with E-state index in [0.717, 1.165) is 0 Å². The van der Waals surface area contributed by atoms with Crippen LogP contribution in [0.15, 0.2) is 11.7 Å². The van der Waals surface area contributed by atoms with Crippen LogP contribution in [0.2, 0.25) is 0 Å². The van der Waals surface area contributed by atoms with E-state index in [9.17, 15) is 9.90 Å². The lowest BCUT2D eigenvalue weighted by Crippen LogP contribution is -2.11. The summed E-state index contributed by atoms with van der Waals surface area (Å²) in [6, 6.07) is 0. The van der Waals surface area contributed by atoms with E-state index < -0.39 is 12.1 Å². The molecule has 0 spiro atoms. The number of nitrogens with zero attached hydrogens (tertiary/aromatic N) is 1. The largest absolute Gasteiger partial charge is 0.467 e. The van der Waals surface area contributed by atoms with Gasteiger partial charge in [0.15, 0.2) is 6.10 Å². The Morgan fingerprint density at radius 3 is 3.09 bits per heavy atom. The molecule has 0 amide bonds. The van der Waals surface area contributed by atoms with Gasteiger partial charge >= 0.3 is 5.97 Å². The number of methoxy groups -OCH3 is 1. The number of aromatic nitrogens is 1. The van der Waals surface area contributed by atoms with Crippen molar-refractivity contribution in [3.63, 3.8) is 0 Å². The molecule has 1 atom stereocenters. The minimum absolute atomic E-state index is 0.497. The van der Waals surface area contributed by atoms with Crippen LogP contribution < -0.4 is 0 Å². The molecule has 0 fully saturated rings. The lowest BCUT2D eigenvalue weighted by molar-refractivity contribution is -0.150. The van der Waals surface area contributed by atoms with E-state index in [2.05, 4.69) is 9.72 Å². The Labute approximate surface area is 67.5 Å². The molecule has 1 aromatic heterocycles. The number of hydrogen-bond acceptors (Lipinski definition) is 5. The highest BCUT2D eigenvalue weighted by Gasteiger charge is 2.18. The summed E-state index contributed by atoms with van der Waals surface area (Å²) in [6.07, 6.45) is 0.249. The van der Waals surface area contributed by atoms with Gasteiger partial charge in [0.2, 0.25) is 0 Å². The maximum Gasteiger partial charge on any atom is 0.340 e. The number of thiazole rings is 1. The van der Waals surface area contributed by atoms with Crippen molar-refractivity contribution in [1.82, 2.24) is 4.98 Å². The topological polar surface area (TPSA) is 59.4 Å². The molecule has 1 N–H and O–H groups in total. The molecule has 5 heteroatoms.